The lowest BCUT2D eigenvalue weighted by atomic mass is 10.0. The van der Waals surface area contributed by atoms with Crippen LogP contribution in [-0.2, 0) is 7.05 Å². The summed E-state index contributed by atoms with van der Waals surface area (Å²) in [6, 6.07) is 23.5. The SMILES string of the molecule is CN(Cl)c1ccc(-c2ccc3c(c2)c2ccccc2n3C)cc1. The van der Waals surface area contributed by atoms with Crippen molar-refractivity contribution in [3.8, 4) is 11.1 Å². The Morgan fingerprint density at radius 2 is 1.43 bits per heavy atom. The van der Waals surface area contributed by atoms with E-state index in [-0.39, 0.29) is 0 Å². The van der Waals surface area contributed by atoms with Crippen molar-refractivity contribution in [1.29, 1.82) is 0 Å². The van der Waals surface area contributed by atoms with Crippen molar-refractivity contribution in [2.24, 2.45) is 7.05 Å². The highest BCUT2D eigenvalue weighted by molar-refractivity contribution is 6.25. The lowest BCUT2D eigenvalue weighted by Gasteiger charge is -2.10. The fourth-order valence-corrected chi connectivity index (χ4v) is 3.32. The van der Waals surface area contributed by atoms with Crippen molar-refractivity contribution in [1.82, 2.24) is 4.57 Å². The molecule has 1 aromatic heterocycles. The van der Waals surface area contributed by atoms with Gasteiger partial charge in [-0.2, -0.15) is 0 Å². The number of para-hydroxylation sites is 1. The number of aromatic nitrogens is 1. The minimum absolute atomic E-state index is 0.988. The van der Waals surface area contributed by atoms with Gasteiger partial charge in [0.15, 0.2) is 0 Å². The summed E-state index contributed by atoms with van der Waals surface area (Å²) < 4.78 is 3.84. The summed E-state index contributed by atoms with van der Waals surface area (Å²) in [6.45, 7) is 0. The van der Waals surface area contributed by atoms with E-state index < -0.39 is 0 Å². The zero-order valence-electron chi connectivity index (χ0n) is 13.1. The van der Waals surface area contributed by atoms with Crippen LogP contribution < -0.4 is 4.42 Å². The molecule has 4 rings (SSSR count). The molecule has 0 amide bonds. The molecule has 0 aliphatic carbocycles. The second-order valence-electron chi connectivity index (χ2n) is 5.83. The number of nitrogens with zero attached hydrogens (tertiary/aromatic N) is 2. The Kier molecular flexibility index (Phi) is 3.28. The van der Waals surface area contributed by atoms with Gasteiger partial charge >= 0.3 is 0 Å². The zero-order chi connectivity index (χ0) is 16.0. The Morgan fingerprint density at radius 1 is 0.783 bits per heavy atom. The van der Waals surface area contributed by atoms with Crippen molar-refractivity contribution in [3.63, 3.8) is 0 Å². The molecule has 4 aromatic rings. The molecule has 0 saturated carbocycles. The van der Waals surface area contributed by atoms with E-state index in [4.69, 9.17) is 11.8 Å². The van der Waals surface area contributed by atoms with Gasteiger partial charge in [-0.05, 0) is 41.5 Å². The molecule has 0 aliphatic heterocycles. The minimum atomic E-state index is 0.988. The lowest BCUT2D eigenvalue weighted by molar-refractivity contribution is 1.01. The molecule has 0 bridgehead atoms. The molecule has 23 heavy (non-hydrogen) atoms. The van der Waals surface area contributed by atoms with Gasteiger partial charge in [0.2, 0.25) is 0 Å². The summed E-state index contributed by atoms with van der Waals surface area (Å²) in [4.78, 5) is 0. The maximum atomic E-state index is 5.98. The third kappa shape index (κ3) is 2.27. The van der Waals surface area contributed by atoms with E-state index in [0.717, 1.165) is 5.69 Å². The van der Waals surface area contributed by atoms with E-state index in [1.807, 2.05) is 19.2 Å². The summed E-state index contributed by atoms with van der Waals surface area (Å²) in [5.74, 6) is 0. The van der Waals surface area contributed by atoms with E-state index in [0.29, 0.717) is 0 Å². The average molecular weight is 321 g/mol. The molecule has 114 valence electrons. The predicted octanol–water partition coefficient (Wildman–Crippen LogP) is 5.59. The van der Waals surface area contributed by atoms with Crippen LogP contribution in [0, 0.1) is 0 Å². The molecule has 0 spiro atoms. The van der Waals surface area contributed by atoms with Crippen LogP contribution in [0.2, 0.25) is 0 Å². The third-order valence-electron chi connectivity index (χ3n) is 4.47. The van der Waals surface area contributed by atoms with Crippen LogP contribution in [-0.4, -0.2) is 11.6 Å². The molecule has 0 N–H and O–H groups in total. The van der Waals surface area contributed by atoms with Crippen molar-refractivity contribution >= 4 is 39.3 Å². The van der Waals surface area contributed by atoms with E-state index in [9.17, 15) is 0 Å². The minimum Gasteiger partial charge on any atom is -0.344 e. The molecule has 0 saturated heterocycles. The summed E-state index contributed by atoms with van der Waals surface area (Å²) >= 11 is 5.98. The van der Waals surface area contributed by atoms with Gasteiger partial charge in [-0.15, -0.1) is 0 Å². The molecule has 0 unspecified atom stereocenters. The van der Waals surface area contributed by atoms with Gasteiger partial charge in [-0.3, -0.25) is 4.42 Å². The van der Waals surface area contributed by atoms with E-state index in [2.05, 4.69) is 66.2 Å². The number of hydrogen-bond acceptors (Lipinski definition) is 1. The topological polar surface area (TPSA) is 8.17 Å². The number of hydrogen-bond donors (Lipinski definition) is 0. The number of rotatable bonds is 2. The number of fused-ring (bicyclic) bond motifs is 3. The van der Waals surface area contributed by atoms with Gasteiger partial charge in [0, 0.05) is 47.7 Å². The fourth-order valence-electron chi connectivity index (χ4n) is 3.21. The molecule has 1 heterocycles. The number of aryl methyl sites for hydroxylation is 1. The van der Waals surface area contributed by atoms with Crippen LogP contribution in [0.3, 0.4) is 0 Å². The highest BCUT2D eigenvalue weighted by Crippen LogP contribution is 2.32. The summed E-state index contributed by atoms with van der Waals surface area (Å²) in [6.07, 6.45) is 0. The molecule has 2 nitrogen and oxygen atoms in total. The van der Waals surface area contributed by atoms with Gasteiger partial charge in [-0.1, -0.05) is 36.4 Å². The quantitative estimate of drug-likeness (QED) is 0.437. The van der Waals surface area contributed by atoms with Crippen LogP contribution in [0.5, 0.6) is 0 Å². The van der Waals surface area contributed by atoms with Crippen LogP contribution in [0.15, 0.2) is 66.7 Å². The first-order valence-electron chi connectivity index (χ1n) is 7.62. The summed E-state index contributed by atoms with van der Waals surface area (Å²) in [5, 5.41) is 2.59. The first kappa shape index (κ1) is 14.2. The second kappa shape index (κ2) is 5.32. The first-order valence-corrected chi connectivity index (χ1v) is 7.96. The fraction of sp³-hybridized carbons (Fsp3) is 0.100. The van der Waals surface area contributed by atoms with Gasteiger partial charge in [0.1, 0.15) is 0 Å². The van der Waals surface area contributed by atoms with Gasteiger partial charge in [0.05, 0.1) is 5.69 Å². The summed E-state index contributed by atoms with van der Waals surface area (Å²) in [7, 11) is 3.95. The number of anilines is 1. The maximum Gasteiger partial charge on any atom is 0.0520 e. The first-order chi connectivity index (χ1) is 11.1. The van der Waals surface area contributed by atoms with E-state index in [1.54, 1.807) is 4.42 Å². The maximum absolute atomic E-state index is 5.98. The highest BCUT2D eigenvalue weighted by Gasteiger charge is 2.09. The Morgan fingerprint density at radius 3 is 2.17 bits per heavy atom. The van der Waals surface area contributed by atoms with E-state index in [1.165, 1.54) is 32.9 Å². The average Bonchev–Trinajstić information content (AvgIpc) is 2.88. The van der Waals surface area contributed by atoms with Crippen LogP contribution in [0.25, 0.3) is 32.9 Å². The molecule has 0 fully saturated rings. The molecule has 0 aliphatic rings. The van der Waals surface area contributed by atoms with Crippen molar-refractivity contribution in [3.05, 3.63) is 66.7 Å². The monoisotopic (exact) mass is 320 g/mol. The molecule has 3 aromatic carbocycles. The van der Waals surface area contributed by atoms with Gasteiger partial charge < -0.3 is 4.57 Å². The predicted molar refractivity (Wildman–Crippen MR) is 100 cm³/mol. The normalized spacial score (nSPS) is 11.3. The highest BCUT2D eigenvalue weighted by atomic mass is 35.5. The van der Waals surface area contributed by atoms with Crippen LogP contribution >= 0.6 is 11.8 Å². The lowest BCUT2D eigenvalue weighted by Crippen LogP contribution is -1.99. The second-order valence-corrected chi connectivity index (χ2v) is 6.34. The molecule has 3 heteroatoms. The Bertz CT molecular complexity index is 997. The van der Waals surface area contributed by atoms with Crippen LogP contribution in [0.4, 0.5) is 5.69 Å². The van der Waals surface area contributed by atoms with Gasteiger partial charge in [0.25, 0.3) is 0 Å². The molecular formula is C20H17ClN2. The zero-order valence-corrected chi connectivity index (χ0v) is 13.9. The van der Waals surface area contributed by atoms with E-state index >= 15 is 0 Å². The standard InChI is InChI=1S/C20H17ClN2/c1-22-19-6-4-3-5-17(19)18-13-15(9-12-20(18)22)14-7-10-16(11-8-14)23(2)21/h3-13H,1-2H3. The molecular weight excluding hydrogens is 304 g/mol. The van der Waals surface area contributed by atoms with Gasteiger partial charge in [-0.25, -0.2) is 0 Å². The van der Waals surface area contributed by atoms with Crippen molar-refractivity contribution in [2.45, 2.75) is 0 Å². The van der Waals surface area contributed by atoms with Crippen LogP contribution in [0.1, 0.15) is 0 Å². The summed E-state index contributed by atoms with van der Waals surface area (Å²) in [5.41, 5.74) is 5.92. The number of halogens is 1. The van der Waals surface area contributed by atoms with Crippen molar-refractivity contribution in [2.75, 3.05) is 11.5 Å². The largest absolute Gasteiger partial charge is 0.344 e. The molecule has 0 atom stereocenters. The number of benzene rings is 3. The van der Waals surface area contributed by atoms with Crippen molar-refractivity contribution < 1.29 is 0 Å². The Hall–Kier alpha value is -2.45. The molecule has 0 radical (unpaired) electrons. The Labute approximate surface area is 140 Å². The third-order valence-corrected chi connectivity index (χ3v) is 4.67. The smallest absolute Gasteiger partial charge is 0.0520 e. The Balaban J connectivity index is 1.90.